The maximum atomic E-state index is 14.2. The number of hydrogen-bond donors (Lipinski definition) is 0. The summed E-state index contributed by atoms with van der Waals surface area (Å²) in [5, 5.41) is 0. The van der Waals surface area contributed by atoms with Gasteiger partial charge in [-0.15, -0.1) is 0 Å². The smallest absolute Gasteiger partial charge is 0.323 e. The first-order valence-corrected chi connectivity index (χ1v) is 12.9. The fraction of sp³-hybridized carbons (Fsp3) is 0.267. The summed E-state index contributed by atoms with van der Waals surface area (Å²) in [4.78, 5) is 83.8. The van der Waals surface area contributed by atoms with Gasteiger partial charge in [0.25, 0.3) is 0 Å². The van der Waals surface area contributed by atoms with Crippen LogP contribution >= 0.6 is 0 Å². The van der Waals surface area contributed by atoms with Crippen LogP contribution in [0.2, 0.25) is 0 Å². The molecule has 0 radical (unpaired) electrons. The molecule has 2 aliphatic heterocycles. The number of benzene rings is 2. The highest BCUT2D eigenvalue weighted by Crippen LogP contribution is 2.46. The number of esters is 2. The second-order valence-electron chi connectivity index (χ2n) is 9.37. The van der Waals surface area contributed by atoms with E-state index in [0.29, 0.717) is 11.1 Å². The van der Waals surface area contributed by atoms with E-state index < -0.39 is 47.2 Å². The molecule has 2 unspecified atom stereocenters. The van der Waals surface area contributed by atoms with Gasteiger partial charge in [-0.25, -0.2) is 0 Å². The first kappa shape index (κ1) is 26.7. The summed E-state index contributed by atoms with van der Waals surface area (Å²) in [6.45, 7) is 2.80. The number of Topliss-reactive ketones (excluding diaryl/α,β-unsaturated/α-hetero) is 2. The van der Waals surface area contributed by atoms with E-state index in [9.17, 15) is 28.8 Å². The number of carbonyl (C=O) groups is 6. The lowest BCUT2D eigenvalue weighted by Crippen LogP contribution is -2.37. The summed E-state index contributed by atoms with van der Waals surface area (Å²) in [5.41, 5.74) is -0.0552. The predicted molar refractivity (Wildman–Crippen MR) is 138 cm³/mol. The van der Waals surface area contributed by atoms with Crippen molar-refractivity contribution < 1.29 is 38.2 Å². The predicted octanol–water partition coefficient (Wildman–Crippen LogP) is 2.09. The minimum atomic E-state index is -1.68. The van der Waals surface area contributed by atoms with Crippen molar-refractivity contribution >= 4 is 35.3 Å². The van der Waals surface area contributed by atoms with Crippen LogP contribution in [0.3, 0.4) is 0 Å². The summed E-state index contributed by atoms with van der Waals surface area (Å²) in [7, 11) is 0. The van der Waals surface area contributed by atoms with Gasteiger partial charge in [-0.2, -0.15) is 0 Å². The van der Waals surface area contributed by atoms with E-state index in [1.54, 1.807) is 74.5 Å². The third-order valence-corrected chi connectivity index (χ3v) is 6.98. The molecule has 1 aliphatic carbocycles. The molecule has 0 N–H and O–H groups in total. The minimum absolute atomic E-state index is 0.0520. The Bertz CT molecular complexity index is 1380. The van der Waals surface area contributed by atoms with Crippen molar-refractivity contribution in [2.24, 2.45) is 11.8 Å². The minimum Gasteiger partial charge on any atom is -0.465 e. The Morgan fingerprint density at radius 3 is 1.30 bits per heavy atom. The number of allylic oxidation sites excluding steroid dienone is 2. The summed E-state index contributed by atoms with van der Waals surface area (Å²) in [6.07, 6.45) is 0. The first-order valence-electron chi connectivity index (χ1n) is 12.9. The molecule has 0 fully saturated rings. The molecule has 0 spiro atoms. The Hall–Kier alpha value is -4.86. The van der Waals surface area contributed by atoms with Crippen LogP contribution < -0.4 is 0 Å². The Morgan fingerprint density at radius 2 is 0.975 bits per heavy atom. The number of amides is 2. The van der Waals surface area contributed by atoms with Gasteiger partial charge < -0.3 is 19.3 Å². The lowest BCUT2D eigenvalue weighted by atomic mass is 9.83. The van der Waals surface area contributed by atoms with Gasteiger partial charge in [0.2, 0.25) is 23.4 Å². The third kappa shape index (κ3) is 4.31. The highest BCUT2D eigenvalue weighted by atomic mass is 16.5. The van der Waals surface area contributed by atoms with E-state index >= 15 is 0 Å². The molecule has 5 rings (SSSR count). The lowest BCUT2D eigenvalue weighted by Gasteiger charge is -2.25. The zero-order valence-electron chi connectivity index (χ0n) is 21.9. The largest absolute Gasteiger partial charge is 0.465 e. The van der Waals surface area contributed by atoms with Crippen LogP contribution in [-0.2, 0) is 51.3 Å². The molecule has 2 aromatic rings. The second-order valence-corrected chi connectivity index (χ2v) is 9.37. The van der Waals surface area contributed by atoms with Crippen molar-refractivity contribution in [1.29, 1.82) is 0 Å². The quantitative estimate of drug-likeness (QED) is 0.282. The molecule has 2 amide bonds. The van der Waals surface area contributed by atoms with E-state index in [-0.39, 0.29) is 48.8 Å². The Kier molecular flexibility index (Phi) is 7.17. The second kappa shape index (κ2) is 10.7. The fourth-order valence-electron chi connectivity index (χ4n) is 5.30. The van der Waals surface area contributed by atoms with Crippen molar-refractivity contribution in [1.82, 2.24) is 9.80 Å². The van der Waals surface area contributed by atoms with Crippen LogP contribution in [0.1, 0.15) is 25.0 Å². The number of hydrogen-bond acceptors (Lipinski definition) is 8. The SMILES string of the molecule is CCOC(=O)C1C(=O)N(Cc2ccccc2)C2=C1C(=O)C1=C(C2=O)C(C(=O)OCC)C(=O)N1Cc1ccccc1. The Labute approximate surface area is 229 Å². The molecule has 10 heteroatoms. The van der Waals surface area contributed by atoms with Gasteiger partial charge in [0.05, 0.1) is 37.4 Å². The number of nitrogens with zero attached hydrogens (tertiary/aromatic N) is 2. The average molecular weight is 543 g/mol. The van der Waals surface area contributed by atoms with E-state index in [1.807, 2.05) is 0 Å². The van der Waals surface area contributed by atoms with Gasteiger partial charge in [0, 0.05) is 0 Å². The molecule has 0 saturated carbocycles. The van der Waals surface area contributed by atoms with Crippen molar-refractivity contribution in [3.05, 3.63) is 94.3 Å². The van der Waals surface area contributed by atoms with Gasteiger partial charge >= 0.3 is 11.9 Å². The van der Waals surface area contributed by atoms with Gasteiger partial charge in [-0.1, -0.05) is 60.7 Å². The molecule has 204 valence electrons. The molecule has 2 atom stereocenters. The van der Waals surface area contributed by atoms with E-state index in [4.69, 9.17) is 9.47 Å². The van der Waals surface area contributed by atoms with Crippen LogP contribution in [0.25, 0.3) is 0 Å². The topological polar surface area (TPSA) is 127 Å². The molecule has 0 aromatic heterocycles. The summed E-state index contributed by atoms with van der Waals surface area (Å²) in [5.74, 6) is -8.57. The normalized spacial score (nSPS) is 20.2. The molecule has 10 nitrogen and oxygen atoms in total. The van der Waals surface area contributed by atoms with Crippen molar-refractivity contribution in [2.45, 2.75) is 26.9 Å². The lowest BCUT2D eigenvalue weighted by molar-refractivity contribution is -0.153. The molecular weight excluding hydrogens is 516 g/mol. The zero-order chi connectivity index (χ0) is 28.6. The molecule has 0 saturated heterocycles. The first-order chi connectivity index (χ1) is 19.3. The molecule has 3 aliphatic rings. The van der Waals surface area contributed by atoms with Gasteiger partial charge in [0.1, 0.15) is 11.4 Å². The average Bonchev–Trinajstić information content (AvgIpc) is 3.40. The summed E-state index contributed by atoms with van der Waals surface area (Å²) in [6, 6.07) is 17.5. The van der Waals surface area contributed by atoms with E-state index in [0.717, 1.165) is 9.80 Å². The van der Waals surface area contributed by atoms with Crippen LogP contribution in [0, 0.1) is 11.8 Å². The molecule has 2 aromatic carbocycles. The van der Waals surface area contributed by atoms with Crippen LogP contribution in [-0.4, -0.2) is 58.3 Å². The maximum Gasteiger partial charge on any atom is 0.323 e. The van der Waals surface area contributed by atoms with Crippen LogP contribution in [0.5, 0.6) is 0 Å². The Balaban J connectivity index is 1.66. The van der Waals surface area contributed by atoms with Crippen molar-refractivity contribution in [3.63, 3.8) is 0 Å². The van der Waals surface area contributed by atoms with Crippen molar-refractivity contribution in [2.75, 3.05) is 13.2 Å². The number of ketones is 2. The monoisotopic (exact) mass is 542 g/mol. The van der Waals surface area contributed by atoms with Gasteiger partial charge in [0.15, 0.2) is 11.8 Å². The number of ether oxygens (including phenoxy) is 2. The standard InChI is InChI=1S/C30H26N2O8/c1-3-39-29(37)21-19-23(31(27(21)35)15-17-11-7-5-8-12-17)26(34)20-22(30(38)40-4-2)28(36)32(24(20)25(19)33)16-18-13-9-6-10-14-18/h5-14,21-22H,3-4,15-16H2,1-2H3. The summed E-state index contributed by atoms with van der Waals surface area (Å²) >= 11 is 0. The Morgan fingerprint density at radius 1 is 0.625 bits per heavy atom. The number of rotatable bonds is 8. The van der Waals surface area contributed by atoms with E-state index in [1.165, 1.54) is 0 Å². The van der Waals surface area contributed by atoms with Gasteiger partial charge in [-0.3, -0.25) is 28.8 Å². The maximum absolute atomic E-state index is 14.2. The molecule has 2 heterocycles. The van der Waals surface area contributed by atoms with Gasteiger partial charge in [-0.05, 0) is 25.0 Å². The fourth-order valence-corrected chi connectivity index (χ4v) is 5.30. The van der Waals surface area contributed by atoms with Crippen LogP contribution in [0.4, 0.5) is 0 Å². The zero-order valence-corrected chi connectivity index (χ0v) is 21.9. The van der Waals surface area contributed by atoms with Crippen molar-refractivity contribution in [3.8, 4) is 0 Å². The summed E-state index contributed by atoms with van der Waals surface area (Å²) < 4.78 is 10.2. The molecule has 0 bridgehead atoms. The molecular formula is C30H26N2O8. The number of carbonyl (C=O) groups excluding carboxylic acids is 6. The third-order valence-electron chi connectivity index (χ3n) is 6.98. The van der Waals surface area contributed by atoms with Crippen LogP contribution in [0.15, 0.2) is 83.2 Å². The highest BCUT2D eigenvalue weighted by molar-refractivity contribution is 6.35. The van der Waals surface area contributed by atoms with E-state index in [2.05, 4.69) is 0 Å². The molecule has 40 heavy (non-hydrogen) atoms. The highest BCUT2D eigenvalue weighted by Gasteiger charge is 2.60.